The van der Waals surface area contributed by atoms with E-state index >= 15 is 0 Å². The van der Waals surface area contributed by atoms with Gasteiger partial charge in [-0.15, -0.1) is 0 Å². The molecule has 358 valence electrons. The van der Waals surface area contributed by atoms with Crippen molar-refractivity contribution in [3.05, 3.63) is 315 Å². The van der Waals surface area contributed by atoms with Gasteiger partial charge in [0.1, 0.15) is 0 Å². The highest BCUT2D eigenvalue weighted by Gasteiger charge is 2.44. The summed E-state index contributed by atoms with van der Waals surface area (Å²) < 4.78 is 48.8. The van der Waals surface area contributed by atoms with Crippen LogP contribution in [0.25, 0.3) is 66.1 Å². The van der Waals surface area contributed by atoms with Gasteiger partial charge in [0.15, 0.2) is 16.1 Å². The van der Waals surface area contributed by atoms with Crippen LogP contribution in [0.4, 0.5) is 0 Å². The topological polar surface area (TPSA) is 9.86 Å². The molecule has 0 N–H and O–H groups in total. The summed E-state index contributed by atoms with van der Waals surface area (Å²) in [7, 11) is -6.13. The summed E-state index contributed by atoms with van der Waals surface area (Å²) in [6.07, 6.45) is 0. The average molecular weight is 1010 g/mol. The van der Waals surface area contributed by atoms with Crippen LogP contribution in [0, 0.1) is 0 Å². The Bertz CT molecular complexity index is 4460. The van der Waals surface area contributed by atoms with E-state index in [1.807, 2.05) is 24.3 Å². The molecule has 0 aliphatic carbocycles. The first-order chi connectivity index (χ1) is 39.8. The Morgan fingerprint density at radius 1 is 0.276 bits per heavy atom. The molecule has 0 radical (unpaired) electrons. The number of hydrogen-bond donors (Lipinski definition) is 0. The summed E-state index contributed by atoms with van der Waals surface area (Å²) in [6, 6.07) is 102. The molecule has 0 fully saturated rings. The standard InChI is InChI=1S/C72H52N2Si2/c1-8-27-53(28-9-1)63-44-25-46-68-71(63)64-43-22-23-45-66(64)74(68)55-49-50-67-65(52-55)72-69(47-26-48-70(72)76(59-36-16-5-17-37-59,60-38-18-6-19-39-60)61-40-20-7-21-41-61)73(67)54-29-24-42-62(51-54)75(56-30-10-2-11-31-56,57-32-12-3-13-33-57)58-34-14-4-15-35-58/h1-52H/i1D,8D,9D,27D,28D. The molecule has 4 heteroatoms. The van der Waals surface area contributed by atoms with E-state index < -0.39 is 22.2 Å². The molecule has 0 amide bonds. The Hall–Kier alpha value is -9.33. The molecule has 0 aliphatic heterocycles. The molecule has 0 aliphatic rings. The molecule has 14 aromatic rings. The molecular formula is C72H52N2Si2. The van der Waals surface area contributed by atoms with Gasteiger partial charge < -0.3 is 9.13 Å². The first-order valence-corrected chi connectivity index (χ1v) is 29.9. The molecule has 0 spiro atoms. The number of nitrogens with zero attached hydrogens (tertiary/aromatic N) is 2. The first-order valence-electron chi connectivity index (χ1n) is 28.4. The molecule has 2 heterocycles. The zero-order valence-electron chi connectivity index (χ0n) is 46.5. The molecule has 0 bridgehead atoms. The van der Waals surface area contributed by atoms with E-state index in [0.717, 1.165) is 49.6 Å². The average Bonchev–Trinajstić information content (AvgIpc) is 3.80. The van der Waals surface area contributed by atoms with Crippen molar-refractivity contribution in [2.24, 2.45) is 0 Å². The lowest BCUT2D eigenvalue weighted by atomic mass is 9.99. The smallest absolute Gasteiger partial charge is 0.180 e. The van der Waals surface area contributed by atoms with Crippen LogP contribution in [0.2, 0.25) is 0 Å². The molecule has 14 rings (SSSR count). The fraction of sp³-hybridized carbons (Fsp3) is 0. The molecule has 2 aromatic heterocycles. The van der Waals surface area contributed by atoms with E-state index in [-0.39, 0.29) is 29.7 Å². The fourth-order valence-electron chi connectivity index (χ4n) is 12.7. The third-order valence-corrected chi connectivity index (χ3v) is 25.3. The molecule has 2 nitrogen and oxygen atoms in total. The van der Waals surface area contributed by atoms with E-state index in [1.165, 1.54) is 46.9 Å². The van der Waals surface area contributed by atoms with Crippen LogP contribution in [-0.4, -0.2) is 25.3 Å². The van der Waals surface area contributed by atoms with Gasteiger partial charge in [-0.2, -0.15) is 0 Å². The van der Waals surface area contributed by atoms with Crippen molar-refractivity contribution < 1.29 is 6.85 Å². The minimum absolute atomic E-state index is 0.183. The van der Waals surface area contributed by atoms with Crippen LogP contribution < -0.4 is 41.5 Å². The van der Waals surface area contributed by atoms with Gasteiger partial charge in [0, 0.05) is 32.9 Å². The molecule has 0 saturated heterocycles. The Morgan fingerprint density at radius 3 is 1.22 bits per heavy atom. The molecular weight excluding hydrogens is 949 g/mol. The van der Waals surface area contributed by atoms with Gasteiger partial charge in [-0.3, -0.25) is 0 Å². The number of rotatable bonds is 11. The van der Waals surface area contributed by atoms with Crippen molar-refractivity contribution in [3.8, 4) is 22.5 Å². The van der Waals surface area contributed by atoms with Crippen LogP contribution in [0.3, 0.4) is 0 Å². The minimum Gasteiger partial charge on any atom is -0.309 e. The lowest BCUT2D eigenvalue weighted by molar-refractivity contribution is 1.17. The van der Waals surface area contributed by atoms with E-state index in [1.54, 1.807) is 0 Å². The quantitative estimate of drug-likeness (QED) is 0.0903. The maximum Gasteiger partial charge on any atom is 0.180 e. The second kappa shape index (κ2) is 18.9. The van der Waals surface area contributed by atoms with Crippen molar-refractivity contribution in [2.75, 3.05) is 0 Å². The number of hydrogen-bond acceptors (Lipinski definition) is 0. The van der Waals surface area contributed by atoms with Gasteiger partial charge in [0.05, 0.1) is 28.9 Å². The lowest BCUT2D eigenvalue weighted by Crippen LogP contribution is -2.74. The highest BCUT2D eigenvalue weighted by molar-refractivity contribution is 7.21. The monoisotopic (exact) mass is 1010 g/mol. The zero-order chi connectivity index (χ0) is 54.8. The van der Waals surface area contributed by atoms with E-state index in [9.17, 15) is 0 Å². The van der Waals surface area contributed by atoms with Crippen molar-refractivity contribution in [2.45, 2.75) is 0 Å². The number of aromatic nitrogens is 2. The summed E-state index contributed by atoms with van der Waals surface area (Å²) >= 11 is 0. The fourth-order valence-corrected chi connectivity index (χ4v) is 22.4. The maximum atomic E-state index is 9.13. The predicted molar refractivity (Wildman–Crippen MR) is 328 cm³/mol. The van der Waals surface area contributed by atoms with Crippen LogP contribution in [0.15, 0.2) is 315 Å². The van der Waals surface area contributed by atoms with Gasteiger partial charge in [-0.25, -0.2) is 0 Å². The van der Waals surface area contributed by atoms with Crippen molar-refractivity contribution in [1.82, 2.24) is 9.13 Å². The highest BCUT2D eigenvalue weighted by atomic mass is 28.3. The Morgan fingerprint density at radius 2 is 0.684 bits per heavy atom. The summed E-state index contributed by atoms with van der Waals surface area (Å²) in [6.45, 7) is 0. The number of para-hydroxylation sites is 1. The van der Waals surface area contributed by atoms with Gasteiger partial charge in [0.2, 0.25) is 0 Å². The Balaban J connectivity index is 1.12. The van der Waals surface area contributed by atoms with Crippen molar-refractivity contribution in [1.29, 1.82) is 0 Å². The largest absolute Gasteiger partial charge is 0.309 e. The minimum atomic E-state index is -3.18. The van der Waals surface area contributed by atoms with E-state index in [0.29, 0.717) is 5.56 Å². The summed E-state index contributed by atoms with van der Waals surface area (Å²) in [5, 5.41) is 14.3. The molecule has 0 unspecified atom stereocenters. The Labute approximate surface area is 452 Å². The van der Waals surface area contributed by atoms with E-state index in [2.05, 4.69) is 270 Å². The van der Waals surface area contributed by atoms with Gasteiger partial charge in [-0.05, 0) is 101 Å². The lowest BCUT2D eigenvalue weighted by Gasteiger charge is -2.35. The van der Waals surface area contributed by atoms with Crippen LogP contribution >= 0.6 is 0 Å². The second-order valence-electron chi connectivity index (χ2n) is 19.5. The van der Waals surface area contributed by atoms with Crippen LogP contribution in [0.1, 0.15) is 6.85 Å². The van der Waals surface area contributed by atoms with Crippen molar-refractivity contribution >= 4 is 101 Å². The summed E-state index contributed by atoms with van der Waals surface area (Å²) in [5.41, 5.74) is 6.72. The maximum absolute atomic E-state index is 9.13. The second-order valence-corrected chi connectivity index (χ2v) is 27.1. The van der Waals surface area contributed by atoms with Gasteiger partial charge in [0.25, 0.3) is 0 Å². The summed E-state index contributed by atoms with van der Waals surface area (Å²) in [4.78, 5) is 0. The molecule has 12 aromatic carbocycles. The van der Waals surface area contributed by atoms with E-state index in [4.69, 9.17) is 6.85 Å². The third kappa shape index (κ3) is 7.06. The normalized spacial score (nSPS) is 12.9. The Kier molecular flexibility index (Phi) is 9.96. The molecule has 0 atom stereocenters. The zero-order valence-corrected chi connectivity index (χ0v) is 43.5. The van der Waals surface area contributed by atoms with Crippen LogP contribution in [0.5, 0.6) is 0 Å². The SMILES string of the molecule is [2H]c1c([2H])c([2H])c(-c2cccc3c2c2ccccc2n3-c2ccc3c(c2)c2c([Si](c4ccccc4)(c4ccccc4)c4ccccc4)cccc2n3-c2cccc([Si](c3ccccc3)(c3ccccc3)c3ccccc3)c2)c([2H])c1[2H]. The van der Waals surface area contributed by atoms with Gasteiger partial charge in [-0.1, -0.05) is 267 Å². The number of fused-ring (bicyclic) bond motifs is 6. The third-order valence-electron chi connectivity index (χ3n) is 15.7. The summed E-state index contributed by atoms with van der Waals surface area (Å²) in [5.74, 6) is 0. The van der Waals surface area contributed by atoms with Gasteiger partial charge >= 0.3 is 0 Å². The first kappa shape index (κ1) is 40.1. The number of benzene rings is 12. The van der Waals surface area contributed by atoms with Crippen molar-refractivity contribution in [3.63, 3.8) is 0 Å². The highest BCUT2D eigenvalue weighted by Crippen LogP contribution is 2.40. The molecule has 76 heavy (non-hydrogen) atoms. The molecule has 0 saturated carbocycles. The van der Waals surface area contributed by atoms with Crippen LogP contribution in [-0.2, 0) is 0 Å². The predicted octanol–water partition coefficient (Wildman–Crippen LogP) is 12.3.